The van der Waals surface area contributed by atoms with Crippen LogP contribution in [0.25, 0.3) is 11.3 Å². The fourth-order valence-corrected chi connectivity index (χ4v) is 4.46. The first-order valence-electron chi connectivity index (χ1n) is 12.0. The number of aryl methyl sites for hydroxylation is 1. The maximum Gasteiger partial charge on any atom is 0.394 e. The maximum atomic E-state index is 13.4. The van der Waals surface area contributed by atoms with Crippen molar-refractivity contribution in [3.63, 3.8) is 0 Å². The Morgan fingerprint density at radius 3 is 2.57 bits per heavy atom. The van der Waals surface area contributed by atoms with Gasteiger partial charge in [0.25, 0.3) is 5.91 Å². The van der Waals surface area contributed by atoms with Gasteiger partial charge in [-0.1, -0.05) is 38.4 Å². The van der Waals surface area contributed by atoms with Gasteiger partial charge >= 0.3 is 12.8 Å². The molecule has 2 aromatic rings. The molecule has 1 N–H and O–H groups in total. The zero-order valence-corrected chi connectivity index (χ0v) is 21.8. The molecule has 0 radical (unpaired) electrons. The number of halogens is 6. The van der Waals surface area contributed by atoms with E-state index in [9.17, 15) is 26.7 Å². The molecule has 1 aromatic heterocycles. The van der Waals surface area contributed by atoms with Gasteiger partial charge in [0.2, 0.25) is 0 Å². The van der Waals surface area contributed by atoms with Crippen LogP contribution in [0.5, 0.6) is 5.75 Å². The SMILES string of the molecule is CCn1nc(C(=O)NC[C@H]2CC[C@H](C)CO2)c(Cl)c1-c1ccc(CC(C)(C)C(F)(F)F)cc1OC(F)F. The van der Waals surface area contributed by atoms with E-state index in [4.69, 9.17) is 16.3 Å². The molecule has 6 nitrogen and oxygen atoms in total. The Balaban J connectivity index is 1.92. The molecule has 2 atom stereocenters. The quantitative estimate of drug-likeness (QED) is 0.361. The summed E-state index contributed by atoms with van der Waals surface area (Å²) in [5.41, 5.74) is -1.82. The standard InChI is InChI=1S/C25H31ClF5N3O3/c1-5-34-21(19(26)20(33-34)22(35)32-12-16-8-6-14(2)13-36-16)17-9-7-15(10-18(17)37-23(27)28)11-24(3,4)25(29,30)31/h7,9-10,14,16,23H,5-6,8,11-13H2,1-4H3,(H,32,35)/t14-,16+/m0/s1. The molecule has 2 heterocycles. The predicted molar refractivity (Wildman–Crippen MR) is 129 cm³/mol. The van der Waals surface area contributed by atoms with Gasteiger partial charge in [0.15, 0.2) is 5.69 Å². The number of carbonyl (C=O) groups excluding carboxylic acids is 1. The first-order chi connectivity index (χ1) is 17.2. The molecule has 0 bridgehead atoms. The Morgan fingerprint density at radius 1 is 1.30 bits per heavy atom. The number of ether oxygens (including phenoxy) is 2. The van der Waals surface area contributed by atoms with E-state index in [1.165, 1.54) is 16.8 Å². The topological polar surface area (TPSA) is 65.4 Å². The van der Waals surface area contributed by atoms with Crippen molar-refractivity contribution in [3.8, 4) is 17.0 Å². The highest BCUT2D eigenvalue weighted by Gasteiger charge is 2.47. The first-order valence-corrected chi connectivity index (χ1v) is 12.4. The molecule has 0 spiro atoms. The fraction of sp³-hybridized carbons (Fsp3) is 0.600. The third-order valence-corrected chi connectivity index (χ3v) is 6.79. The van der Waals surface area contributed by atoms with Gasteiger partial charge in [-0.2, -0.15) is 27.1 Å². The second-order valence-corrected chi connectivity index (χ2v) is 10.3. The van der Waals surface area contributed by atoms with Gasteiger partial charge in [-0.15, -0.1) is 0 Å². The molecule has 3 rings (SSSR count). The summed E-state index contributed by atoms with van der Waals surface area (Å²) in [5.74, 6) is -0.459. The molecule has 12 heteroatoms. The normalized spacial score (nSPS) is 18.8. The number of carbonyl (C=O) groups is 1. The number of benzene rings is 1. The Hall–Kier alpha value is -2.40. The average molecular weight is 552 g/mol. The van der Waals surface area contributed by atoms with Crippen LogP contribution in [0, 0.1) is 11.3 Å². The minimum absolute atomic E-state index is 0.0804. The molecule has 1 aliphatic heterocycles. The van der Waals surface area contributed by atoms with E-state index in [0.29, 0.717) is 12.5 Å². The largest absolute Gasteiger partial charge is 0.434 e. The molecule has 0 saturated carbocycles. The number of rotatable bonds is 9. The highest BCUT2D eigenvalue weighted by atomic mass is 35.5. The molecule has 37 heavy (non-hydrogen) atoms. The van der Waals surface area contributed by atoms with Crippen LogP contribution < -0.4 is 10.1 Å². The van der Waals surface area contributed by atoms with Crippen LogP contribution in [0.15, 0.2) is 18.2 Å². The van der Waals surface area contributed by atoms with Crippen LogP contribution in [-0.2, 0) is 17.7 Å². The van der Waals surface area contributed by atoms with Gasteiger partial charge in [-0.3, -0.25) is 9.48 Å². The van der Waals surface area contributed by atoms with Crippen LogP contribution >= 0.6 is 11.6 Å². The molecule has 1 aliphatic rings. The second kappa shape index (κ2) is 11.6. The van der Waals surface area contributed by atoms with Crippen molar-refractivity contribution in [2.75, 3.05) is 13.2 Å². The van der Waals surface area contributed by atoms with E-state index in [1.54, 1.807) is 6.92 Å². The van der Waals surface area contributed by atoms with Crippen LogP contribution in [-0.4, -0.2) is 47.7 Å². The molecule has 206 valence electrons. The Bertz CT molecular complexity index is 1100. The van der Waals surface area contributed by atoms with Crippen molar-refractivity contribution in [3.05, 3.63) is 34.5 Å². The van der Waals surface area contributed by atoms with Crippen LogP contribution in [0.1, 0.15) is 56.6 Å². The number of hydrogen-bond acceptors (Lipinski definition) is 4. The summed E-state index contributed by atoms with van der Waals surface area (Å²) in [7, 11) is 0. The number of alkyl halides is 5. The molecule has 0 aliphatic carbocycles. The number of hydrogen-bond donors (Lipinski definition) is 1. The van der Waals surface area contributed by atoms with E-state index in [-0.39, 0.29) is 52.5 Å². The summed E-state index contributed by atoms with van der Waals surface area (Å²) in [4.78, 5) is 12.9. The lowest BCUT2D eigenvalue weighted by Gasteiger charge is -2.28. The van der Waals surface area contributed by atoms with Crippen molar-refractivity contribution in [2.24, 2.45) is 11.3 Å². The molecule has 0 unspecified atom stereocenters. The molecular formula is C25H31ClF5N3O3. The van der Waals surface area contributed by atoms with Crippen molar-refractivity contribution in [1.29, 1.82) is 0 Å². The van der Waals surface area contributed by atoms with Crippen LogP contribution in [0.4, 0.5) is 22.0 Å². The highest BCUT2D eigenvalue weighted by Crippen LogP contribution is 2.43. The lowest BCUT2D eigenvalue weighted by molar-refractivity contribution is -0.211. The number of amides is 1. The molecule has 1 saturated heterocycles. The van der Waals surface area contributed by atoms with Crippen molar-refractivity contribution in [1.82, 2.24) is 15.1 Å². The van der Waals surface area contributed by atoms with Gasteiger partial charge in [0.1, 0.15) is 5.75 Å². The highest BCUT2D eigenvalue weighted by molar-refractivity contribution is 6.36. The third-order valence-electron chi connectivity index (χ3n) is 6.43. The Labute approximate surface area is 217 Å². The van der Waals surface area contributed by atoms with E-state index < -0.39 is 30.5 Å². The molecule has 1 aromatic carbocycles. The second-order valence-electron chi connectivity index (χ2n) is 9.94. The molecule has 1 amide bonds. The van der Waals surface area contributed by atoms with E-state index in [1.807, 2.05) is 0 Å². The summed E-state index contributed by atoms with van der Waals surface area (Å²) in [6.45, 7) is 3.75. The van der Waals surface area contributed by atoms with Crippen molar-refractivity contribution < 1.29 is 36.2 Å². The van der Waals surface area contributed by atoms with Crippen LogP contribution in [0.3, 0.4) is 0 Å². The lowest BCUT2D eigenvalue weighted by atomic mass is 9.84. The zero-order chi connectivity index (χ0) is 27.5. The van der Waals surface area contributed by atoms with Gasteiger partial charge in [0, 0.05) is 25.3 Å². The maximum absolute atomic E-state index is 13.4. The van der Waals surface area contributed by atoms with E-state index >= 15 is 0 Å². The Morgan fingerprint density at radius 2 is 2.00 bits per heavy atom. The zero-order valence-electron chi connectivity index (χ0n) is 21.1. The summed E-state index contributed by atoms with van der Waals surface area (Å²) in [6, 6.07) is 3.89. The minimum Gasteiger partial charge on any atom is -0.434 e. The summed E-state index contributed by atoms with van der Waals surface area (Å²) < 4.78 is 78.4. The first kappa shape index (κ1) is 29.2. The summed E-state index contributed by atoms with van der Waals surface area (Å²) in [5, 5.41) is 6.93. The van der Waals surface area contributed by atoms with E-state index in [2.05, 4.69) is 22.1 Å². The summed E-state index contributed by atoms with van der Waals surface area (Å²) >= 11 is 6.53. The van der Waals surface area contributed by atoms with Crippen LogP contribution in [0.2, 0.25) is 5.02 Å². The number of nitrogens with zero attached hydrogens (tertiary/aromatic N) is 2. The van der Waals surface area contributed by atoms with Crippen molar-refractivity contribution >= 4 is 17.5 Å². The van der Waals surface area contributed by atoms with Crippen molar-refractivity contribution in [2.45, 2.75) is 72.4 Å². The lowest BCUT2D eigenvalue weighted by Crippen LogP contribution is -2.37. The number of nitrogens with one attached hydrogen (secondary N) is 1. The fourth-order valence-electron chi connectivity index (χ4n) is 4.14. The molecular weight excluding hydrogens is 521 g/mol. The monoisotopic (exact) mass is 551 g/mol. The minimum atomic E-state index is -4.50. The predicted octanol–water partition coefficient (Wildman–Crippen LogP) is 6.50. The molecule has 1 fully saturated rings. The van der Waals surface area contributed by atoms with E-state index in [0.717, 1.165) is 32.8 Å². The van der Waals surface area contributed by atoms with Gasteiger partial charge < -0.3 is 14.8 Å². The van der Waals surface area contributed by atoms with Gasteiger partial charge in [-0.05, 0) is 49.8 Å². The Kier molecular flexibility index (Phi) is 9.10. The number of aromatic nitrogens is 2. The summed E-state index contributed by atoms with van der Waals surface area (Å²) in [6.07, 6.45) is -3.30. The average Bonchev–Trinajstić information content (AvgIpc) is 3.13. The smallest absolute Gasteiger partial charge is 0.394 e. The van der Waals surface area contributed by atoms with Gasteiger partial charge in [-0.25, -0.2) is 0 Å². The third kappa shape index (κ3) is 6.93. The van der Waals surface area contributed by atoms with Gasteiger partial charge in [0.05, 0.1) is 22.2 Å².